The van der Waals surface area contributed by atoms with Crippen molar-refractivity contribution < 1.29 is 0 Å². The van der Waals surface area contributed by atoms with Crippen molar-refractivity contribution in [2.24, 2.45) is 0 Å². The van der Waals surface area contributed by atoms with Gasteiger partial charge in [-0.05, 0) is 19.1 Å². The summed E-state index contributed by atoms with van der Waals surface area (Å²) in [4.78, 5) is 0. The molecule has 3 heteroatoms. The highest BCUT2D eigenvalue weighted by molar-refractivity contribution is 5.41. The van der Waals surface area contributed by atoms with Crippen LogP contribution in [-0.2, 0) is 0 Å². The van der Waals surface area contributed by atoms with Crippen molar-refractivity contribution in [1.29, 1.82) is 0 Å². The Labute approximate surface area is 85.1 Å². The molecule has 3 nitrogen and oxygen atoms in total. The zero-order valence-corrected chi connectivity index (χ0v) is 8.53. The van der Waals surface area contributed by atoms with Gasteiger partial charge in [-0.3, -0.25) is 0 Å². The Kier molecular flexibility index (Phi) is 3.01. The lowest BCUT2D eigenvalue weighted by molar-refractivity contribution is 0.212. The highest BCUT2D eigenvalue weighted by Gasteiger charge is 2.16. The highest BCUT2D eigenvalue weighted by Crippen LogP contribution is 2.09. The van der Waals surface area contributed by atoms with Crippen molar-refractivity contribution in [1.82, 2.24) is 10.3 Å². The van der Waals surface area contributed by atoms with E-state index in [1.54, 1.807) is 0 Å². The van der Waals surface area contributed by atoms with Crippen LogP contribution in [0.4, 0.5) is 5.69 Å². The largest absolute Gasteiger partial charge is 0.319 e. The number of piperazine rings is 1. The molecule has 1 atom stereocenters. The minimum Gasteiger partial charge on any atom is -0.319 e. The van der Waals surface area contributed by atoms with E-state index in [0.29, 0.717) is 6.04 Å². The second-order valence-corrected chi connectivity index (χ2v) is 3.72. The average molecular weight is 191 g/mol. The van der Waals surface area contributed by atoms with Gasteiger partial charge in [0.05, 0.1) is 0 Å². The van der Waals surface area contributed by atoms with Gasteiger partial charge in [0.2, 0.25) is 0 Å². The summed E-state index contributed by atoms with van der Waals surface area (Å²) >= 11 is 0. The molecule has 0 saturated carbocycles. The molecule has 1 aliphatic rings. The first kappa shape index (κ1) is 9.49. The number of nitrogens with one attached hydrogen (secondary N) is 2. The molecule has 0 spiro atoms. The number of anilines is 1. The van der Waals surface area contributed by atoms with Gasteiger partial charge in [-0.1, -0.05) is 18.2 Å². The molecule has 1 aromatic carbocycles. The summed E-state index contributed by atoms with van der Waals surface area (Å²) in [5.74, 6) is 0. The standard InChI is InChI=1S/C11H17N3/c1-10-9-12-7-8-14(10)13-11-5-3-2-4-6-11/h2-6,10,12-13H,7-9H2,1H3. The van der Waals surface area contributed by atoms with Crippen LogP contribution in [0.15, 0.2) is 30.3 Å². The number of para-hydroxylation sites is 1. The minimum atomic E-state index is 0.545. The number of hydrogen-bond donors (Lipinski definition) is 2. The van der Waals surface area contributed by atoms with Gasteiger partial charge in [-0.25, -0.2) is 5.01 Å². The molecule has 1 aliphatic heterocycles. The molecule has 0 amide bonds. The van der Waals surface area contributed by atoms with E-state index in [-0.39, 0.29) is 0 Å². The topological polar surface area (TPSA) is 27.3 Å². The first-order chi connectivity index (χ1) is 6.86. The summed E-state index contributed by atoms with van der Waals surface area (Å²) in [5.41, 5.74) is 4.59. The van der Waals surface area contributed by atoms with Crippen molar-refractivity contribution in [2.45, 2.75) is 13.0 Å². The monoisotopic (exact) mass is 191 g/mol. The fourth-order valence-electron chi connectivity index (χ4n) is 1.69. The molecule has 0 aromatic heterocycles. The molecule has 0 radical (unpaired) electrons. The third-order valence-electron chi connectivity index (χ3n) is 2.55. The fraction of sp³-hybridized carbons (Fsp3) is 0.455. The molecule has 1 saturated heterocycles. The molecule has 2 rings (SSSR count). The van der Waals surface area contributed by atoms with Crippen molar-refractivity contribution in [3.05, 3.63) is 30.3 Å². The summed E-state index contributed by atoms with van der Waals surface area (Å²) in [6.45, 7) is 5.39. The zero-order valence-electron chi connectivity index (χ0n) is 8.53. The Balaban J connectivity index is 1.96. The van der Waals surface area contributed by atoms with Crippen molar-refractivity contribution in [3.63, 3.8) is 0 Å². The number of hydrogen-bond acceptors (Lipinski definition) is 3. The molecule has 14 heavy (non-hydrogen) atoms. The summed E-state index contributed by atoms with van der Waals surface area (Å²) < 4.78 is 0. The molecule has 1 unspecified atom stereocenters. The van der Waals surface area contributed by atoms with E-state index in [1.807, 2.05) is 6.07 Å². The Hall–Kier alpha value is -1.06. The smallest absolute Gasteiger partial charge is 0.0490 e. The third-order valence-corrected chi connectivity index (χ3v) is 2.55. The Morgan fingerprint density at radius 3 is 2.86 bits per heavy atom. The summed E-state index contributed by atoms with van der Waals surface area (Å²) in [7, 11) is 0. The van der Waals surface area contributed by atoms with Crippen LogP contribution in [0.1, 0.15) is 6.92 Å². The quantitative estimate of drug-likeness (QED) is 0.738. The van der Waals surface area contributed by atoms with Gasteiger partial charge >= 0.3 is 0 Å². The maximum absolute atomic E-state index is 3.42. The molecule has 0 bridgehead atoms. The average Bonchev–Trinajstić information content (AvgIpc) is 2.23. The van der Waals surface area contributed by atoms with Crippen LogP contribution in [0, 0.1) is 0 Å². The first-order valence-corrected chi connectivity index (χ1v) is 5.15. The SMILES string of the molecule is CC1CNCCN1Nc1ccccc1. The maximum atomic E-state index is 3.42. The van der Waals surface area contributed by atoms with Crippen LogP contribution in [0.3, 0.4) is 0 Å². The van der Waals surface area contributed by atoms with Crippen LogP contribution in [0.5, 0.6) is 0 Å². The van der Waals surface area contributed by atoms with Crippen molar-refractivity contribution in [2.75, 3.05) is 25.1 Å². The van der Waals surface area contributed by atoms with E-state index >= 15 is 0 Å². The number of hydrazine groups is 1. The van der Waals surface area contributed by atoms with E-state index in [4.69, 9.17) is 0 Å². The predicted molar refractivity (Wildman–Crippen MR) is 59.1 cm³/mol. The number of benzene rings is 1. The van der Waals surface area contributed by atoms with Gasteiger partial charge < -0.3 is 10.7 Å². The predicted octanol–water partition coefficient (Wildman–Crippen LogP) is 1.31. The molecule has 1 heterocycles. The second kappa shape index (κ2) is 4.44. The van der Waals surface area contributed by atoms with Crippen molar-refractivity contribution in [3.8, 4) is 0 Å². The lowest BCUT2D eigenvalue weighted by atomic mass is 10.2. The molecule has 1 fully saturated rings. The Bertz CT molecular complexity index is 273. The zero-order chi connectivity index (χ0) is 9.80. The van der Waals surface area contributed by atoms with Crippen LogP contribution >= 0.6 is 0 Å². The summed E-state index contributed by atoms with van der Waals surface area (Å²) in [6.07, 6.45) is 0. The maximum Gasteiger partial charge on any atom is 0.0490 e. The van der Waals surface area contributed by atoms with Crippen LogP contribution < -0.4 is 10.7 Å². The van der Waals surface area contributed by atoms with E-state index < -0.39 is 0 Å². The summed E-state index contributed by atoms with van der Waals surface area (Å²) in [5, 5.41) is 5.65. The Morgan fingerprint density at radius 1 is 1.36 bits per heavy atom. The van der Waals surface area contributed by atoms with E-state index in [9.17, 15) is 0 Å². The van der Waals surface area contributed by atoms with Crippen LogP contribution in [-0.4, -0.2) is 30.7 Å². The van der Waals surface area contributed by atoms with Crippen LogP contribution in [0.2, 0.25) is 0 Å². The van der Waals surface area contributed by atoms with Gasteiger partial charge in [0, 0.05) is 31.4 Å². The molecule has 2 N–H and O–H groups in total. The first-order valence-electron chi connectivity index (χ1n) is 5.15. The van der Waals surface area contributed by atoms with Gasteiger partial charge in [0.15, 0.2) is 0 Å². The number of nitrogens with zero attached hydrogens (tertiary/aromatic N) is 1. The van der Waals surface area contributed by atoms with Gasteiger partial charge in [0.25, 0.3) is 0 Å². The molecular formula is C11H17N3. The Morgan fingerprint density at radius 2 is 2.14 bits per heavy atom. The number of rotatable bonds is 2. The van der Waals surface area contributed by atoms with E-state index in [2.05, 4.69) is 46.9 Å². The molecule has 76 valence electrons. The molecule has 0 aliphatic carbocycles. The third kappa shape index (κ3) is 2.25. The van der Waals surface area contributed by atoms with Crippen LogP contribution in [0.25, 0.3) is 0 Å². The lowest BCUT2D eigenvalue weighted by Crippen LogP contribution is -2.52. The van der Waals surface area contributed by atoms with Crippen molar-refractivity contribution >= 4 is 5.69 Å². The van der Waals surface area contributed by atoms with E-state index in [1.165, 1.54) is 5.69 Å². The van der Waals surface area contributed by atoms with E-state index in [0.717, 1.165) is 19.6 Å². The molecule has 1 aromatic rings. The second-order valence-electron chi connectivity index (χ2n) is 3.72. The molecular weight excluding hydrogens is 174 g/mol. The highest BCUT2D eigenvalue weighted by atomic mass is 15.5. The van der Waals surface area contributed by atoms with Gasteiger partial charge in [0.1, 0.15) is 0 Å². The van der Waals surface area contributed by atoms with Gasteiger partial charge in [-0.2, -0.15) is 0 Å². The van der Waals surface area contributed by atoms with Gasteiger partial charge in [-0.15, -0.1) is 0 Å². The fourth-order valence-corrected chi connectivity index (χ4v) is 1.69. The summed E-state index contributed by atoms with van der Waals surface area (Å²) in [6, 6.07) is 10.9. The normalized spacial score (nSPS) is 23.4. The lowest BCUT2D eigenvalue weighted by Gasteiger charge is -2.34. The minimum absolute atomic E-state index is 0.545.